The summed E-state index contributed by atoms with van der Waals surface area (Å²) in [7, 11) is 3.20. The summed E-state index contributed by atoms with van der Waals surface area (Å²) in [6.07, 6.45) is 2.37. The van der Waals surface area contributed by atoms with Gasteiger partial charge in [-0.25, -0.2) is 0 Å². The monoisotopic (exact) mass is 328 g/mol. The van der Waals surface area contributed by atoms with E-state index in [2.05, 4.69) is 17.6 Å². The first-order chi connectivity index (χ1) is 10.2. The highest BCUT2D eigenvalue weighted by Crippen LogP contribution is 2.28. The molecule has 22 heavy (non-hydrogen) atoms. The number of halogens is 1. The Balaban J connectivity index is 0.00000242. The number of nitrogens with one attached hydrogen (secondary N) is 2. The maximum atomic E-state index is 12.3. The minimum Gasteiger partial charge on any atom is -0.496 e. The fourth-order valence-electron chi connectivity index (χ4n) is 2.76. The summed E-state index contributed by atoms with van der Waals surface area (Å²) in [5.74, 6) is 1.36. The number of ether oxygens (including phenoxy) is 2. The Morgan fingerprint density at radius 1 is 1.32 bits per heavy atom. The lowest BCUT2D eigenvalue weighted by molar-refractivity contribution is -0.121. The van der Waals surface area contributed by atoms with Crippen molar-refractivity contribution >= 4 is 18.3 Å². The Morgan fingerprint density at radius 2 is 1.95 bits per heavy atom. The maximum Gasteiger partial charge on any atom is 0.224 e. The van der Waals surface area contributed by atoms with Crippen LogP contribution in [0.5, 0.6) is 11.5 Å². The van der Waals surface area contributed by atoms with E-state index < -0.39 is 0 Å². The number of benzene rings is 1. The first-order valence-electron chi connectivity index (χ1n) is 7.38. The highest BCUT2D eigenvalue weighted by atomic mass is 35.5. The lowest BCUT2D eigenvalue weighted by atomic mass is 9.99. The third kappa shape index (κ3) is 4.52. The van der Waals surface area contributed by atoms with Gasteiger partial charge in [0.2, 0.25) is 5.91 Å². The van der Waals surface area contributed by atoms with Crippen molar-refractivity contribution in [3.63, 3.8) is 0 Å². The molecule has 1 aliphatic rings. The van der Waals surface area contributed by atoms with Gasteiger partial charge >= 0.3 is 0 Å². The van der Waals surface area contributed by atoms with E-state index >= 15 is 0 Å². The Kier molecular flexibility index (Phi) is 7.48. The highest BCUT2D eigenvalue weighted by molar-refractivity contribution is 5.85. The summed E-state index contributed by atoms with van der Waals surface area (Å²) in [5, 5.41) is 6.49. The van der Waals surface area contributed by atoms with Crippen molar-refractivity contribution in [3.05, 3.63) is 23.8 Å². The lowest BCUT2D eigenvalue weighted by Crippen LogP contribution is -2.52. The zero-order valence-electron chi connectivity index (χ0n) is 13.3. The molecule has 0 radical (unpaired) electrons. The van der Waals surface area contributed by atoms with E-state index in [-0.39, 0.29) is 30.8 Å². The van der Waals surface area contributed by atoms with Crippen molar-refractivity contribution in [1.29, 1.82) is 0 Å². The van der Waals surface area contributed by atoms with Gasteiger partial charge in [0.1, 0.15) is 11.5 Å². The lowest BCUT2D eigenvalue weighted by Gasteiger charge is -2.30. The number of rotatable bonds is 5. The van der Waals surface area contributed by atoms with Gasteiger partial charge in [-0.2, -0.15) is 0 Å². The van der Waals surface area contributed by atoms with E-state index in [9.17, 15) is 4.79 Å². The maximum absolute atomic E-state index is 12.3. The second kappa shape index (κ2) is 8.86. The van der Waals surface area contributed by atoms with Crippen LogP contribution < -0.4 is 20.1 Å². The van der Waals surface area contributed by atoms with Crippen LogP contribution in [-0.2, 0) is 11.2 Å². The van der Waals surface area contributed by atoms with Crippen molar-refractivity contribution < 1.29 is 14.3 Å². The molecule has 1 aliphatic heterocycles. The number of amides is 1. The summed E-state index contributed by atoms with van der Waals surface area (Å²) < 4.78 is 10.7. The number of methoxy groups -OCH3 is 2. The molecule has 1 amide bonds. The van der Waals surface area contributed by atoms with Gasteiger partial charge in [0, 0.05) is 17.6 Å². The minimum absolute atomic E-state index is 0. The first kappa shape index (κ1) is 18.6. The average molecular weight is 329 g/mol. The van der Waals surface area contributed by atoms with Gasteiger partial charge in [-0.05, 0) is 38.4 Å². The molecule has 5 nitrogen and oxygen atoms in total. The molecule has 1 saturated heterocycles. The second-order valence-corrected chi connectivity index (χ2v) is 5.38. The first-order valence-corrected chi connectivity index (χ1v) is 7.38. The minimum atomic E-state index is -0.00153. The van der Waals surface area contributed by atoms with Crippen LogP contribution in [0.3, 0.4) is 0 Å². The van der Waals surface area contributed by atoms with Crippen LogP contribution in [-0.4, -0.2) is 38.8 Å². The standard InChI is InChI=1S/C16H24N2O3.ClH/c1-11-13(6-5-9-17-11)18-16(19)10-12-14(20-2)7-4-8-15(12)21-3;/h4,7-8,11,13,17H,5-6,9-10H2,1-3H3,(H,18,19);1H. The molecular formula is C16H25ClN2O3. The number of hydrogen-bond acceptors (Lipinski definition) is 4. The summed E-state index contributed by atoms with van der Waals surface area (Å²) in [6, 6.07) is 6.03. The fourth-order valence-corrected chi connectivity index (χ4v) is 2.76. The van der Waals surface area contributed by atoms with Crippen molar-refractivity contribution in [2.75, 3.05) is 20.8 Å². The van der Waals surface area contributed by atoms with Crippen molar-refractivity contribution in [3.8, 4) is 11.5 Å². The molecule has 0 aromatic heterocycles. The molecule has 0 saturated carbocycles. The van der Waals surface area contributed by atoms with Crippen LogP contribution in [0.15, 0.2) is 18.2 Å². The van der Waals surface area contributed by atoms with Crippen molar-refractivity contribution in [2.45, 2.75) is 38.3 Å². The highest BCUT2D eigenvalue weighted by Gasteiger charge is 2.23. The molecule has 2 atom stereocenters. The van der Waals surface area contributed by atoms with E-state index in [1.54, 1.807) is 14.2 Å². The molecule has 1 heterocycles. The number of carbonyl (C=O) groups excluding carboxylic acids is 1. The fraction of sp³-hybridized carbons (Fsp3) is 0.562. The van der Waals surface area contributed by atoms with Gasteiger partial charge < -0.3 is 20.1 Å². The molecule has 6 heteroatoms. The number of hydrogen-bond donors (Lipinski definition) is 2. The van der Waals surface area contributed by atoms with E-state index in [0.29, 0.717) is 17.5 Å². The molecule has 1 fully saturated rings. The molecule has 0 aliphatic carbocycles. The molecule has 124 valence electrons. The smallest absolute Gasteiger partial charge is 0.224 e. The summed E-state index contributed by atoms with van der Waals surface area (Å²) in [6.45, 7) is 3.13. The molecule has 1 aromatic rings. The average Bonchev–Trinajstić information content (AvgIpc) is 2.49. The summed E-state index contributed by atoms with van der Waals surface area (Å²) >= 11 is 0. The SMILES string of the molecule is COc1cccc(OC)c1CC(=O)NC1CCCNC1C.Cl. The van der Waals surface area contributed by atoms with Gasteiger partial charge in [-0.15, -0.1) is 12.4 Å². The summed E-state index contributed by atoms with van der Waals surface area (Å²) in [5.41, 5.74) is 0.788. The topological polar surface area (TPSA) is 59.6 Å². The quantitative estimate of drug-likeness (QED) is 0.867. The Labute approximate surface area is 138 Å². The van der Waals surface area contributed by atoms with Crippen LogP contribution in [0.2, 0.25) is 0 Å². The molecule has 2 rings (SSSR count). The Bertz CT molecular complexity index is 474. The van der Waals surface area contributed by atoms with E-state index in [0.717, 1.165) is 24.9 Å². The van der Waals surface area contributed by atoms with Crippen molar-refractivity contribution in [2.24, 2.45) is 0 Å². The van der Waals surface area contributed by atoms with Gasteiger partial charge in [-0.1, -0.05) is 6.07 Å². The number of carbonyl (C=O) groups is 1. The normalized spacial score (nSPS) is 20.7. The van der Waals surface area contributed by atoms with E-state index in [4.69, 9.17) is 9.47 Å². The van der Waals surface area contributed by atoms with Crippen LogP contribution in [0, 0.1) is 0 Å². The van der Waals surface area contributed by atoms with Gasteiger partial charge in [-0.3, -0.25) is 4.79 Å². The molecule has 2 unspecified atom stereocenters. The predicted octanol–water partition coefficient (Wildman–Crippen LogP) is 1.92. The zero-order valence-corrected chi connectivity index (χ0v) is 14.2. The molecule has 0 bridgehead atoms. The third-order valence-corrected chi connectivity index (χ3v) is 3.98. The molecular weight excluding hydrogens is 304 g/mol. The van der Waals surface area contributed by atoms with Gasteiger partial charge in [0.15, 0.2) is 0 Å². The van der Waals surface area contributed by atoms with E-state index in [1.807, 2.05) is 18.2 Å². The van der Waals surface area contributed by atoms with Crippen LogP contribution in [0.1, 0.15) is 25.3 Å². The van der Waals surface area contributed by atoms with Crippen LogP contribution in [0.25, 0.3) is 0 Å². The Hall–Kier alpha value is -1.46. The van der Waals surface area contributed by atoms with Crippen LogP contribution in [0.4, 0.5) is 0 Å². The molecule has 0 spiro atoms. The second-order valence-electron chi connectivity index (χ2n) is 5.38. The van der Waals surface area contributed by atoms with Crippen molar-refractivity contribution in [1.82, 2.24) is 10.6 Å². The summed E-state index contributed by atoms with van der Waals surface area (Å²) in [4.78, 5) is 12.3. The van der Waals surface area contributed by atoms with Crippen LogP contribution >= 0.6 is 12.4 Å². The Morgan fingerprint density at radius 3 is 2.50 bits per heavy atom. The largest absolute Gasteiger partial charge is 0.496 e. The third-order valence-electron chi connectivity index (χ3n) is 3.98. The van der Waals surface area contributed by atoms with Gasteiger partial charge in [0.05, 0.1) is 20.6 Å². The van der Waals surface area contributed by atoms with E-state index in [1.165, 1.54) is 0 Å². The molecule has 2 N–H and O–H groups in total. The molecule has 1 aromatic carbocycles. The predicted molar refractivity (Wildman–Crippen MR) is 89.1 cm³/mol. The number of piperidine rings is 1. The zero-order chi connectivity index (χ0) is 15.2. The van der Waals surface area contributed by atoms with Gasteiger partial charge in [0.25, 0.3) is 0 Å².